The van der Waals surface area contributed by atoms with Crippen LogP contribution in [0.25, 0.3) is 0 Å². The molecule has 0 bridgehead atoms. The zero-order valence-corrected chi connectivity index (χ0v) is 12.0. The lowest BCUT2D eigenvalue weighted by atomic mass is 10.0. The van der Waals surface area contributed by atoms with Gasteiger partial charge in [0, 0.05) is 18.5 Å². The number of rotatable bonds is 8. The normalized spacial score (nSPS) is 13.8. The third kappa shape index (κ3) is 6.25. The summed E-state index contributed by atoms with van der Waals surface area (Å²) in [5, 5.41) is 3.38. The minimum atomic E-state index is -0.262. The molecule has 0 spiro atoms. The summed E-state index contributed by atoms with van der Waals surface area (Å²) in [7, 11) is 1.67. The zero-order valence-electron chi connectivity index (χ0n) is 12.0. The van der Waals surface area contributed by atoms with E-state index < -0.39 is 0 Å². The van der Waals surface area contributed by atoms with Gasteiger partial charge in [-0.1, -0.05) is 12.1 Å². The molecular weight excluding hydrogens is 240 g/mol. The number of amides is 1. The second-order valence-electron chi connectivity index (χ2n) is 5.03. The lowest BCUT2D eigenvalue weighted by molar-refractivity contribution is -0.118. The molecule has 0 aromatic heterocycles. The van der Waals surface area contributed by atoms with E-state index in [1.54, 1.807) is 7.11 Å². The number of hydrogen-bond acceptors (Lipinski definition) is 3. The molecule has 0 aliphatic carbocycles. The number of hydrogen-bond donors (Lipinski definition) is 2. The number of aryl methyl sites for hydroxylation is 1. The molecule has 0 saturated carbocycles. The number of primary amides is 1. The van der Waals surface area contributed by atoms with E-state index in [4.69, 9.17) is 10.5 Å². The maximum Gasteiger partial charge on any atom is 0.218 e. The van der Waals surface area contributed by atoms with Crippen LogP contribution in [0.5, 0.6) is 5.75 Å². The van der Waals surface area contributed by atoms with Crippen LogP contribution >= 0.6 is 0 Å². The van der Waals surface area contributed by atoms with Gasteiger partial charge in [0.2, 0.25) is 5.91 Å². The molecule has 0 radical (unpaired) electrons. The Morgan fingerprint density at radius 2 is 1.89 bits per heavy atom. The van der Waals surface area contributed by atoms with Crippen molar-refractivity contribution < 1.29 is 9.53 Å². The van der Waals surface area contributed by atoms with E-state index in [2.05, 4.69) is 24.4 Å². The number of benzene rings is 1. The monoisotopic (exact) mass is 264 g/mol. The molecule has 2 atom stereocenters. The second-order valence-corrected chi connectivity index (χ2v) is 5.03. The molecule has 4 nitrogen and oxygen atoms in total. The molecule has 0 aliphatic rings. The summed E-state index contributed by atoms with van der Waals surface area (Å²) in [6.07, 6.45) is 2.41. The summed E-state index contributed by atoms with van der Waals surface area (Å²) in [6, 6.07) is 8.60. The minimum absolute atomic E-state index is 0.128. The standard InChI is InChI=1S/C15H24N2O2/c1-11(17-12(2)10-15(16)18)4-5-13-6-8-14(19-3)9-7-13/h6-9,11-12,17H,4-5,10H2,1-3H3,(H2,16,18). The Balaban J connectivity index is 2.32. The van der Waals surface area contributed by atoms with Crippen LogP contribution in [0.3, 0.4) is 0 Å². The van der Waals surface area contributed by atoms with Crippen LogP contribution in [0.4, 0.5) is 0 Å². The molecule has 1 aromatic rings. The highest BCUT2D eigenvalue weighted by Gasteiger charge is 2.09. The first-order valence-electron chi connectivity index (χ1n) is 6.68. The van der Waals surface area contributed by atoms with E-state index in [1.165, 1.54) is 5.56 Å². The van der Waals surface area contributed by atoms with Gasteiger partial charge in [-0.3, -0.25) is 4.79 Å². The maximum atomic E-state index is 10.8. The number of nitrogens with two attached hydrogens (primary N) is 1. The van der Waals surface area contributed by atoms with Crippen LogP contribution in [0.15, 0.2) is 24.3 Å². The molecule has 106 valence electrons. The Morgan fingerprint density at radius 1 is 1.26 bits per heavy atom. The molecule has 0 aliphatic heterocycles. The van der Waals surface area contributed by atoms with Gasteiger partial charge in [0.1, 0.15) is 5.75 Å². The van der Waals surface area contributed by atoms with Crippen LogP contribution in [-0.2, 0) is 11.2 Å². The van der Waals surface area contributed by atoms with E-state index in [0.717, 1.165) is 18.6 Å². The van der Waals surface area contributed by atoms with Gasteiger partial charge >= 0.3 is 0 Å². The van der Waals surface area contributed by atoms with E-state index in [9.17, 15) is 4.79 Å². The average Bonchev–Trinajstić information content (AvgIpc) is 2.36. The number of carbonyl (C=O) groups is 1. The van der Waals surface area contributed by atoms with Crippen molar-refractivity contribution in [3.05, 3.63) is 29.8 Å². The van der Waals surface area contributed by atoms with Crippen molar-refractivity contribution in [2.24, 2.45) is 5.73 Å². The van der Waals surface area contributed by atoms with Gasteiger partial charge in [0.25, 0.3) is 0 Å². The Hall–Kier alpha value is -1.55. The predicted octanol–water partition coefficient (Wildman–Crippen LogP) is 1.87. The van der Waals surface area contributed by atoms with Crippen molar-refractivity contribution in [2.45, 2.75) is 45.2 Å². The van der Waals surface area contributed by atoms with Gasteiger partial charge in [0.05, 0.1) is 7.11 Å². The Morgan fingerprint density at radius 3 is 2.42 bits per heavy atom. The zero-order chi connectivity index (χ0) is 14.3. The molecular formula is C15H24N2O2. The quantitative estimate of drug-likeness (QED) is 0.753. The molecule has 1 aromatic carbocycles. The molecule has 4 heteroatoms. The van der Waals surface area contributed by atoms with E-state index in [1.807, 2.05) is 19.1 Å². The third-order valence-electron chi connectivity index (χ3n) is 3.10. The topological polar surface area (TPSA) is 64.3 Å². The number of carbonyl (C=O) groups excluding carboxylic acids is 1. The van der Waals surface area contributed by atoms with Crippen LogP contribution < -0.4 is 15.8 Å². The Labute approximate surface area is 115 Å². The fourth-order valence-corrected chi connectivity index (χ4v) is 2.11. The number of ether oxygens (including phenoxy) is 1. The highest BCUT2D eigenvalue weighted by atomic mass is 16.5. The molecule has 0 heterocycles. The molecule has 0 fully saturated rings. The highest BCUT2D eigenvalue weighted by Crippen LogP contribution is 2.13. The summed E-state index contributed by atoms with van der Waals surface area (Å²) in [5.74, 6) is 0.618. The van der Waals surface area contributed by atoms with Crippen molar-refractivity contribution in [1.82, 2.24) is 5.32 Å². The molecule has 0 saturated heterocycles. The summed E-state index contributed by atoms with van der Waals surface area (Å²) < 4.78 is 5.13. The van der Waals surface area contributed by atoms with Crippen molar-refractivity contribution in [3.8, 4) is 5.75 Å². The summed E-state index contributed by atoms with van der Waals surface area (Å²) >= 11 is 0. The van der Waals surface area contributed by atoms with Crippen molar-refractivity contribution >= 4 is 5.91 Å². The van der Waals surface area contributed by atoms with Crippen molar-refractivity contribution in [2.75, 3.05) is 7.11 Å². The number of methoxy groups -OCH3 is 1. The van der Waals surface area contributed by atoms with Crippen LogP contribution in [-0.4, -0.2) is 25.1 Å². The van der Waals surface area contributed by atoms with E-state index in [-0.39, 0.29) is 11.9 Å². The van der Waals surface area contributed by atoms with Crippen LogP contribution in [0.2, 0.25) is 0 Å². The first-order chi connectivity index (χ1) is 9.01. The molecule has 2 unspecified atom stereocenters. The van der Waals surface area contributed by atoms with E-state index >= 15 is 0 Å². The van der Waals surface area contributed by atoms with Gasteiger partial charge in [-0.15, -0.1) is 0 Å². The smallest absolute Gasteiger partial charge is 0.218 e. The Kier molecular flexibility index (Phi) is 6.36. The molecule has 1 rings (SSSR count). The first kappa shape index (κ1) is 15.5. The predicted molar refractivity (Wildman–Crippen MR) is 77.2 cm³/mol. The summed E-state index contributed by atoms with van der Waals surface area (Å²) in [5.41, 5.74) is 6.46. The van der Waals surface area contributed by atoms with E-state index in [0.29, 0.717) is 12.5 Å². The molecule has 19 heavy (non-hydrogen) atoms. The fraction of sp³-hybridized carbons (Fsp3) is 0.533. The Bertz CT molecular complexity index is 390. The van der Waals surface area contributed by atoms with Crippen LogP contribution in [0, 0.1) is 0 Å². The maximum absolute atomic E-state index is 10.8. The van der Waals surface area contributed by atoms with Crippen molar-refractivity contribution in [1.29, 1.82) is 0 Å². The second kappa shape index (κ2) is 7.79. The molecule has 3 N–H and O–H groups in total. The lowest BCUT2D eigenvalue weighted by Gasteiger charge is -2.19. The third-order valence-corrected chi connectivity index (χ3v) is 3.10. The minimum Gasteiger partial charge on any atom is -0.497 e. The van der Waals surface area contributed by atoms with Gasteiger partial charge in [-0.05, 0) is 44.4 Å². The number of nitrogens with one attached hydrogen (secondary N) is 1. The fourth-order valence-electron chi connectivity index (χ4n) is 2.11. The average molecular weight is 264 g/mol. The highest BCUT2D eigenvalue weighted by molar-refractivity contribution is 5.74. The lowest BCUT2D eigenvalue weighted by Crippen LogP contribution is -2.37. The summed E-state index contributed by atoms with van der Waals surface area (Å²) in [6.45, 7) is 4.11. The summed E-state index contributed by atoms with van der Waals surface area (Å²) in [4.78, 5) is 10.8. The molecule has 1 amide bonds. The van der Waals surface area contributed by atoms with Gasteiger partial charge in [-0.2, -0.15) is 0 Å². The first-order valence-corrected chi connectivity index (χ1v) is 6.68. The van der Waals surface area contributed by atoms with Gasteiger partial charge < -0.3 is 15.8 Å². The van der Waals surface area contributed by atoms with Gasteiger partial charge in [0.15, 0.2) is 0 Å². The largest absolute Gasteiger partial charge is 0.497 e. The SMILES string of the molecule is COc1ccc(CCC(C)NC(C)CC(N)=O)cc1. The van der Waals surface area contributed by atoms with Crippen molar-refractivity contribution in [3.63, 3.8) is 0 Å². The van der Waals surface area contributed by atoms with Crippen LogP contribution in [0.1, 0.15) is 32.3 Å². The van der Waals surface area contributed by atoms with Gasteiger partial charge in [-0.25, -0.2) is 0 Å².